The first kappa shape index (κ1) is 23.1. The lowest BCUT2D eigenvalue weighted by Gasteiger charge is -2.28. The Morgan fingerprint density at radius 3 is 1.94 bits per heavy atom. The Bertz CT molecular complexity index is 1020. The van der Waals surface area contributed by atoms with E-state index in [9.17, 15) is 14.4 Å². The van der Waals surface area contributed by atoms with Crippen LogP contribution in [0.25, 0.3) is 6.08 Å². The Morgan fingerprint density at radius 1 is 0.812 bits per heavy atom. The molecular weight excluding hydrogens is 408 g/mol. The standard InChI is InChI=1S/C25H28N2O5/c1-25(2,3)18-9-11-19(12-10-18)31-13-14-32-20-8-6-7-17(15-20)16-21-22(28)26(4)24(30)27(5)23(21)29/h6-12,15-16H,13-14H2,1-5H3. The molecule has 0 N–H and O–H groups in total. The molecule has 0 saturated carbocycles. The van der Waals surface area contributed by atoms with Crippen LogP contribution in [0.5, 0.6) is 11.5 Å². The second kappa shape index (κ2) is 9.26. The molecule has 0 bridgehead atoms. The lowest BCUT2D eigenvalue weighted by atomic mass is 9.87. The zero-order valence-electron chi connectivity index (χ0n) is 19.0. The molecule has 1 aliphatic rings. The van der Waals surface area contributed by atoms with Gasteiger partial charge >= 0.3 is 6.03 Å². The summed E-state index contributed by atoms with van der Waals surface area (Å²) in [4.78, 5) is 38.4. The van der Waals surface area contributed by atoms with Crippen LogP contribution in [0.2, 0.25) is 0 Å². The largest absolute Gasteiger partial charge is 0.490 e. The first-order valence-corrected chi connectivity index (χ1v) is 10.4. The predicted molar refractivity (Wildman–Crippen MR) is 121 cm³/mol. The minimum atomic E-state index is -0.651. The maximum atomic E-state index is 12.3. The number of benzene rings is 2. The maximum Gasteiger partial charge on any atom is 0.333 e. The lowest BCUT2D eigenvalue weighted by Crippen LogP contribution is -2.52. The molecule has 0 atom stereocenters. The third kappa shape index (κ3) is 5.17. The van der Waals surface area contributed by atoms with Gasteiger partial charge in [-0.25, -0.2) is 4.79 Å². The number of hydrogen-bond acceptors (Lipinski definition) is 5. The van der Waals surface area contributed by atoms with Crippen LogP contribution in [0.1, 0.15) is 31.9 Å². The second-order valence-corrected chi connectivity index (χ2v) is 8.61. The third-order valence-electron chi connectivity index (χ3n) is 5.15. The predicted octanol–water partition coefficient (Wildman–Crippen LogP) is 3.88. The topological polar surface area (TPSA) is 76.2 Å². The Labute approximate surface area is 188 Å². The molecule has 0 unspecified atom stereocenters. The van der Waals surface area contributed by atoms with Crippen molar-refractivity contribution in [3.63, 3.8) is 0 Å². The van der Waals surface area contributed by atoms with Crippen molar-refractivity contribution in [2.75, 3.05) is 27.3 Å². The average Bonchev–Trinajstić information content (AvgIpc) is 2.77. The molecule has 0 aromatic heterocycles. The van der Waals surface area contributed by atoms with Crippen LogP contribution in [0.4, 0.5) is 4.79 Å². The Hall–Kier alpha value is -3.61. The Balaban J connectivity index is 1.60. The number of rotatable bonds is 6. The van der Waals surface area contributed by atoms with Gasteiger partial charge in [0.15, 0.2) is 0 Å². The van der Waals surface area contributed by atoms with Gasteiger partial charge in [0.1, 0.15) is 30.3 Å². The van der Waals surface area contributed by atoms with Crippen molar-refractivity contribution in [2.45, 2.75) is 26.2 Å². The number of likely N-dealkylation sites (N-methyl/N-ethyl adjacent to an activating group) is 2. The van der Waals surface area contributed by atoms with Gasteiger partial charge in [-0.15, -0.1) is 0 Å². The van der Waals surface area contributed by atoms with E-state index in [1.54, 1.807) is 24.3 Å². The maximum absolute atomic E-state index is 12.3. The summed E-state index contributed by atoms with van der Waals surface area (Å²) in [5.41, 5.74) is 1.88. The summed E-state index contributed by atoms with van der Waals surface area (Å²) in [6.45, 7) is 7.19. The molecule has 7 nitrogen and oxygen atoms in total. The third-order valence-corrected chi connectivity index (χ3v) is 5.15. The smallest absolute Gasteiger partial charge is 0.333 e. The monoisotopic (exact) mass is 436 g/mol. The van der Waals surface area contributed by atoms with Crippen molar-refractivity contribution in [3.05, 3.63) is 65.2 Å². The van der Waals surface area contributed by atoms with Gasteiger partial charge in [0.05, 0.1) is 0 Å². The molecule has 4 amide bonds. The van der Waals surface area contributed by atoms with E-state index >= 15 is 0 Å². The quantitative estimate of drug-likeness (QED) is 0.390. The molecule has 168 valence electrons. The van der Waals surface area contributed by atoms with E-state index in [2.05, 4.69) is 32.9 Å². The minimum absolute atomic E-state index is 0.0752. The number of carbonyl (C=O) groups excluding carboxylic acids is 3. The van der Waals surface area contributed by atoms with Crippen molar-refractivity contribution in [1.82, 2.24) is 9.80 Å². The van der Waals surface area contributed by atoms with Crippen molar-refractivity contribution in [1.29, 1.82) is 0 Å². The molecule has 32 heavy (non-hydrogen) atoms. The highest BCUT2D eigenvalue weighted by molar-refractivity contribution is 6.30. The molecule has 0 spiro atoms. The van der Waals surface area contributed by atoms with Crippen LogP contribution in [0.15, 0.2) is 54.1 Å². The first-order chi connectivity index (χ1) is 15.1. The number of ether oxygens (including phenoxy) is 2. The highest BCUT2D eigenvalue weighted by atomic mass is 16.5. The van der Waals surface area contributed by atoms with Gasteiger partial charge in [-0.2, -0.15) is 0 Å². The highest BCUT2D eigenvalue weighted by Crippen LogP contribution is 2.24. The zero-order chi connectivity index (χ0) is 23.5. The summed E-state index contributed by atoms with van der Waals surface area (Å²) in [6, 6.07) is 14.4. The number of barbiturate groups is 1. The molecule has 1 saturated heterocycles. The van der Waals surface area contributed by atoms with E-state index in [-0.39, 0.29) is 11.0 Å². The molecule has 2 aromatic rings. The lowest BCUT2D eigenvalue weighted by molar-refractivity contribution is -0.134. The summed E-state index contributed by atoms with van der Waals surface area (Å²) < 4.78 is 11.5. The molecule has 0 radical (unpaired) electrons. The Kier molecular flexibility index (Phi) is 6.67. The van der Waals surface area contributed by atoms with Crippen molar-refractivity contribution in [3.8, 4) is 11.5 Å². The normalized spacial score (nSPS) is 14.7. The summed E-state index contributed by atoms with van der Waals surface area (Å²) in [5.74, 6) is 0.0994. The SMILES string of the molecule is CN1C(=O)C(=Cc2cccc(OCCOc3ccc(C(C)(C)C)cc3)c2)C(=O)N(C)C1=O. The van der Waals surface area contributed by atoms with Gasteiger partial charge in [0, 0.05) is 14.1 Å². The van der Waals surface area contributed by atoms with E-state index in [0.29, 0.717) is 24.5 Å². The van der Waals surface area contributed by atoms with Crippen LogP contribution in [0.3, 0.4) is 0 Å². The summed E-state index contributed by atoms with van der Waals surface area (Å²) in [5, 5.41) is 0. The fraction of sp³-hybridized carbons (Fsp3) is 0.320. The molecule has 7 heteroatoms. The van der Waals surface area contributed by atoms with Gasteiger partial charge < -0.3 is 9.47 Å². The van der Waals surface area contributed by atoms with E-state index in [1.165, 1.54) is 25.7 Å². The fourth-order valence-corrected chi connectivity index (χ4v) is 3.21. The van der Waals surface area contributed by atoms with E-state index in [4.69, 9.17) is 9.47 Å². The van der Waals surface area contributed by atoms with Gasteiger partial charge in [-0.1, -0.05) is 45.0 Å². The van der Waals surface area contributed by atoms with Gasteiger partial charge in [-0.05, 0) is 46.9 Å². The van der Waals surface area contributed by atoms with Gasteiger partial charge in [-0.3, -0.25) is 19.4 Å². The van der Waals surface area contributed by atoms with Crippen molar-refractivity contribution in [2.24, 2.45) is 0 Å². The van der Waals surface area contributed by atoms with E-state index in [1.807, 2.05) is 12.1 Å². The van der Waals surface area contributed by atoms with Crippen molar-refractivity contribution >= 4 is 23.9 Å². The number of hydrogen-bond donors (Lipinski definition) is 0. The molecule has 1 heterocycles. The fourth-order valence-electron chi connectivity index (χ4n) is 3.21. The van der Waals surface area contributed by atoms with Crippen LogP contribution in [-0.2, 0) is 15.0 Å². The summed E-state index contributed by atoms with van der Waals surface area (Å²) in [7, 11) is 2.69. The number of carbonyl (C=O) groups is 3. The summed E-state index contributed by atoms with van der Waals surface area (Å²) >= 11 is 0. The minimum Gasteiger partial charge on any atom is -0.490 e. The average molecular weight is 437 g/mol. The van der Waals surface area contributed by atoms with Gasteiger partial charge in [0.25, 0.3) is 11.8 Å². The number of nitrogens with zero attached hydrogens (tertiary/aromatic N) is 2. The summed E-state index contributed by atoms with van der Waals surface area (Å²) in [6.07, 6.45) is 1.46. The molecule has 1 aliphatic heterocycles. The number of imide groups is 2. The van der Waals surface area contributed by atoms with Crippen LogP contribution in [-0.4, -0.2) is 55.0 Å². The highest BCUT2D eigenvalue weighted by Gasteiger charge is 2.37. The molecule has 1 fully saturated rings. The number of amides is 4. The van der Waals surface area contributed by atoms with Gasteiger partial charge in [0.2, 0.25) is 0 Å². The second-order valence-electron chi connectivity index (χ2n) is 8.61. The van der Waals surface area contributed by atoms with Crippen LogP contribution >= 0.6 is 0 Å². The van der Waals surface area contributed by atoms with Crippen LogP contribution in [0, 0.1) is 0 Å². The van der Waals surface area contributed by atoms with Crippen LogP contribution < -0.4 is 9.47 Å². The molecule has 3 rings (SSSR count). The Morgan fingerprint density at radius 2 is 1.38 bits per heavy atom. The first-order valence-electron chi connectivity index (χ1n) is 10.4. The zero-order valence-corrected chi connectivity index (χ0v) is 19.0. The van der Waals surface area contributed by atoms with E-state index in [0.717, 1.165) is 15.5 Å². The van der Waals surface area contributed by atoms with Crippen molar-refractivity contribution < 1.29 is 23.9 Å². The molecule has 0 aliphatic carbocycles. The van der Waals surface area contributed by atoms with E-state index < -0.39 is 17.8 Å². The molecular formula is C25H28N2O5. The number of urea groups is 1. The molecule has 2 aromatic carbocycles.